The SMILES string of the molecule is CN1C(=O)c2ccccc2[C@@H](C(=O)O)[C@@]1(C)c1ccccc1. The third-order valence-corrected chi connectivity index (χ3v) is 4.67. The Morgan fingerprint density at radius 1 is 1.09 bits per heavy atom. The average molecular weight is 295 g/mol. The number of hydrogen-bond donors (Lipinski definition) is 1. The van der Waals surface area contributed by atoms with Gasteiger partial charge in [-0.3, -0.25) is 9.59 Å². The summed E-state index contributed by atoms with van der Waals surface area (Å²) in [6, 6.07) is 16.3. The van der Waals surface area contributed by atoms with E-state index in [1.807, 2.05) is 37.3 Å². The number of fused-ring (bicyclic) bond motifs is 1. The van der Waals surface area contributed by atoms with Crippen LogP contribution in [-0.2, 0) is 10.3 Å². The minimum Gasteiger partial charge on any atom is -0.481 e. The Kier molecular flexibility index (Phi) is 3.24. The second-order valence-electron chi connectivity index (χ2n) is 5.74. The summed E-state index contributed by atoms with van der Waals surface area (Å²) in [7, 11) is 1.67. The number of carbonyl (C=O) groups is 2. The predicted octanol–water partition coefficient (Wildman–Crippen LogP) is 2.86. The fourth-order valence-corrected chi connectivity index (χ4v) is 3.34. The van der Waals surface area contributed by atoms with E-state index in [9.17, 15) is 14.7 Å². The number of nitrogens with zero attached hydrogens (tertiary/aromatic N) is 1. The van der Waals surface area contributed by atoms with E-state index in [0.29, 0.717) is 11.1 Å². The van der Waals surface area contributed by atoms with E-state index in [0.717, 1.165) is 5.56 Å². The Hall–Kier alpha value is -2.62. The van der Waals surface area contributed by atoms with Crippen molar-refractivity contribution in [2.24, 2.45) is 0 Å². The monoisotopic (exact) mass is 295 g/mol. The van der Waals surface area contributed by atoms with Crippen molar-refractivity contribution in [2.45, 2.75) is 18.4 Å². The van der Waals surface area contributed by atoms with E-state index in [1.54, 1.807) is 36.2 Å². The number of amides is 1. The molecule has 0 saturated heterocycles. The largest absolute Gasteiger partial charge is 0.481 e. The molecule has 1 N–H and O–H groups in total. The van der Waals surface area contributed by atoms with Crippen LogP contribution >= 0.6 is 0 Å². The van der Waals surface area contributed by atoms with Crippen LogP contribution < -0.4 is 0 Å². The summed E-state index contributed by atoms with van der Waals surface area (Å²) >= 11 is 0. The zero-order valence-corrected chi connectivity index (χ0v) is 12.5. The van der Waals surface area contributed by atoms with E-state index in [1.165, 1.54) is 0 Å². The molecule has 4 nitrogen and oxygen atoms in total. The van der Waals surface area contributed by atoms with Crippen LogP contribution in [0, 0.1) is 0 Å². The van der Waals surface area contributed by atoms with Gasteiger partial charge in [0.15, 0.2) is 0 Å². The van der Waals surface area contributed by atoms with Gasteiger partial charge in [0.1, 0.15) is 5.92 Å². The summed E-state index contributed by atoms with van der Waals surface area (Å²) in [4.78, 5) is 26.3. The molecule has 0 aromatic heterocycles. The molecule has 1 aliphatic rings. The van der Waals surface area contributed by atoms with Gasteiger partial charge in [0.25, 0.3) is 5.91 Å². The number of rotatable bonds is 2. The highest BCUT2D eigenvalue weighted by molar-refractivity contribution is 6.00. The lowest BCUT2D eigenvalue weighted by atomic mass is 9.70. The van der Waals surface area contributed by atoms with Crippen LogP contribution in [0.15, 0.2) is 54.6 Å². The quantitative estimate of drug-likeness (QED) is 0.927. The van der Waals surface area contributed by atoms with E-state index < -0.39 is 17.4 Å². The van der Waals surface area contributed by atoms with Crippen LogP contribution in [0.3, 0.4) is 0 Å². The Labute approximate surface area is 129 Å². The molecule has 0 aliphatic carbocycles. The normalized spacial score (nSPS) is 24.0. The Morgan fingerprint density at radius 2 is 1.68 bits per heavy atom. The molecule has 1 heterocycles. The molecule has 112 valence electrons. The van der Waals surface area contributed by atoms with Gasteiger partial charge in [0.05, 0.1) is 5.54 Å². The number of aliphatic carboxylic acids is 1. The van der Waals surface area contributed by atoms with E-state index >= 15 is 0 Å². The lowest BCUT2D eigenvalue weighted by molar-refractivity contribution is -0.142. The predicted molar refractivity (Wildman–Crippen MR) is 82.7 cm³/mol. The van der Waals surface area contributed by atoms with Gasteiger partial charge >= 0.3 is 5.97 Å². The van der Waals surface area contributed by atoms with Crippen molar-refractivity contribution in [3.63, 3.8) is 0 Å². The third-order valence-electron chi connectivity index (χ3n) is 4.67. The van der Waals surface area contributed by atoms with Crippen molar-refractivity contribution >= 4 is 11.9 Å². The summed E-state index contributed by atoms with van der Waals surface area (Å²) in [5.41, 5.74) is 0.918. The fraction of sp³-hybridized carbons (Fsp3) is 0.222. The first-order valence-corrected chi connectivity index (χ1v) is 7.13. The van der Waals surface area contributed by atoms with Crippen molar-refractivity contribution in [1.29, 1.82) is 0 Å². The molecule has 0 fully saturated rings. The topological polar surface area (TPSA) is 57.6 Å². The van der Waals surface area contributed by atoms with Crippen LogP contribution in [0.4, 0.5) is 0 Å². The lowest BCUT2D eigenvalue weighted by Crippen LogP contribution is -2.54. The van der Waals surface area contributed by atoms with Gasteiger partial charge in [0, 0.05) is 12.6 Å². The van der Waals surface area contributed by atoms with Crippen LogP contribution in [0.1, 0.15) is 34.3 Å². The maximum absolute atomic E-state index is 12.7. The molecule has 2 aromatic carbocycles. The van der Waals surface area contributed by atoms with Crippen molar-refractivity contribution in [2.75, 3.05) is 7.05 Å². The van der Waals surface area contributed by atoms with Gasteiger partial charge < -0.3 is 10.0 Å². The number of benzene rings is 2. The highest BCUT2D eigenvalue weighted by atomic mass is 16.4. The minimum absolute atomic E-state index is 0.153. The Balaban J connectivity index is 2.30. The van der Waals surface area contributed by atoms with Gasteiger partial charge in [-0.05, 0) is 24.1 Å². The van der Waals surface area contributed by atoms with Crippen molar-refractivity contribution in [3.05, 3.63) is 71.3 Å². The van der Waals surface area contributed by atoms with Crippen molar-refractivity contribution in [1.82, 2.24) is 4.90 Å². The van der Waals surface area contributed by atoms with Gasteiger partial charge in [-0.15, -0.1) is 0 Å². The molecular weight excluding hydrogens is 278 g/mol. The number of carboxylic acid groups (broad SMARTS) is 1. The summed E-state index contributed by atoms with van der Waals surface area (Å²) in [5, 5.41) is 9.85. The van der Waals surface area contributed by atoms with Crippen LogP contribution in [0.2, 0.25) is 0 Å². The van der Waals surface area contributed by atoms with E-state index in [2.05, 4.69) is 0 Å². The molecule has 0 radical (unpaired) electrons. The second kappa shape index (κ2) is 4.98. The molecule has 0 saturated carbocycles. The van der Waals surface area contributed by atoms with Crippen LogP contribution in [0.5, 0.6) is 0 Å². The number of hydrogen-bond acceptors (Lipinski definition) is 2. The molecule has 2 aromatic rings. The number of carbonyl (C=O) groups excluding carboxylic acids is 1. The van der Waals surface area contributed by atoms with Gasteiger partial charge in [0.2, 0.25) is 0 Å². The molecule has 4 heteroatoms. The molecule has 1 amide bonds. The molecular formula is C18H17NO3. The van der Waals surface area contributed by atoms with Crippen LogP contribution in [-0.4, -0.2) is 28.9 Å². The van der Waals surface area contributed by atoms with Gasteiger partial charge in [-0.25, -0.2) is 0 Å². The smallest absolute Gasteiger partial charge is 0.313 e. The summed E-state index contributed by atoms with van der Waals surface area (Å²) in [6.07, 6.45) is 0. The molecule has 0 spiro atoms. The van der Waals surface area contributed by atoms with E-state index in [-0.39, 0.29) is 5.91 Å². The Morgan fingerprint density at radius 3 is 2.32 bits per heavy atom. The number of likely N-dealkylation sites (N-methyl/N-ethyl adjacent to an activating group) is 1. The highest BCUT2D eigenvalue weighted by Gasteiger charge is 2.51. The van der Waals surface area contributed by atoms with Crippen molar-refractivity contribution in [3.8, 4) is 0 Å². The first-order chi connectivity index (χ1) is 10.5. The summed E-state index contributed by atoms with van der Waals surface area (Å²) in [5.74, 6) is -1.90. The minimum atomic E-state index is -0.932. The first-order valence-electron chi connectivity index (χ1n) is 7.13. The zero-order chi connectivity index (χ0) is 15.9. The number of carboxylic acids is 1. The lowest BCUT2D eigenvalue weighted by Gasteiger charge is -2.47. The maximum atomic E-state index is 12.7. The maximum Gasteiger partial charge on any atom is 0.313 e. The molecule has 3 rings (SSSR count). The Bertz CT molecular complexity index is 741. The fourth-order valence-electron chi connectivity index (χ4n) is 3.34. The molecule has 0 bridgehead atoms. The average Bonchev–Trinajstić information content (AvgIpc) is 2.53. The summed E-state index contributed by atoms with van der Waals surface area (Å²) < 4.78 is 0. The second-order valence-corrected chi connectivity index (χ2v) is 5.74. The molecule has 1 aliphatic heterocycles. The van der Waals surface area contributed by atoms with Crippen LogP contribution in [0.25, 0.3) is 0 Å². The molecule has 0 unspecified atom stereocenters. The standard InChI is InChI=1S/C18H17NO3/c1-18(12-8-4-3-5-9-12)15(17(21)22)13-10-6-7-11-14(13)16(20)19(18)2/h3-11,15H,1-2H3,(H,21,22)/t15-,18+/m0/s1. The van der Waals surface area contributed by atoms with Gasteiger partial charge in [-0.1, -0.05) is 48.5 Å². The highest BCUT2D eigenvalue weighted by Crippen LogP contribution is 2.46. The molecule has 22 heavy (non-hydrogen) atoms. The van der Waals surface area contributed by atoms with Gasteiger partial charge in [-0.2, -0.15) is 0 Å². The first kappa shape index (κ1) is 14.3. The molecule has 2 atom stereocenters. The zero-order valence-electron chi connectivity index (χ0n) is 12.5. The third kappa shape index (κ3) is 1.84. The summed E-state index contributed by atoms with van der Waals surface area (Å²) in [6.45, 7) is 1.81. The van der Waals surface area contributed by atoms with E-state index in [4.69, 9.17) is 0 Å². The van der Waals surface area contributed by atoms with Crippen molar-refractivity contribution < 1.29 is 14.7 Å².